The van der Waals surface area contributed by atoms with E-state index in [4.69, 9.17) is 23.2 Å². The van der Waals surface area contributed by atoms with Crippen molar-refractivity contribution in [2.45, 2.75) is 26.4 Å². The van der Waals surface area contributed by atoms with Crippen LogP contribution in [0.3, 0.4) is 0 Å². The van der Waals surface area contributed by atoms with Gasteiger partial charge < -0.3 is 10.2 Å². The molecule has 0 radical (unpaired) electrons. The Morgan fingerprint density at radius 2 is 1.95 bits per heavy atom. The van der Waals surface area contributed by atoms with E-state index in [-0.39, 0.29) is 24.4 Å². The molecule has 0 saturated carbocycles. The Hall–Kier alpha value is -0.480. The first-order valence-electron chi connectivity index (χ1n) is 5.83. The van der Waals surface area contributed by atoms with Crippen LogP contribution in [0.2, 0.25) is 10.0 Å². The van der Waals surface area contributed by atoms with Crippen LogP contribution in [-0.4, -0.2) is 30.4 Å². The van der Waals surface area contributed by atoms with E-state index in [2.05, 4.69) is 5.32 Å². The average molecular weight is 326 g/mol. The summed E-state index contributed by atoms with van der Waals surface area (Å²) in [6, 6.07) is 5.57. The predicted octanol–water partition coefficient (Wildman–Crippen LogP) is 3.37. The molecule has 0 aliphatic heterocycles. The Kier molecular flexibility index (Phi) is 8.42. The lowest BCUT2D eigenvalue weighted by Crippen LogP contribution is -2.41. The molecule has 19 heavy (non-hydrogen) atoms. The van der Waals surface area contributed by atoms with E-state index in [1.165, 1.54) is 0 Å². The Morgan fingerprint density at radius 1 is 1.32 bits per heavy atom. The van der Waals surface area contributed by atoms with Crippen molar-refractivity contribution < 1.29 is 4.79 Å². The van der Waals surface area contributed by atoms with Crippen molar-refractivity contribution in [3.8, 4) is 0 Å². The lowest BCUT2D eigenvalue weighted by Gasteiger charge is -2.27. The summed E-state index contributed by atoms with van der Waals surface area (Å²) in [4.78, 5) is 13.7. The Balaban J connectivity index is 0.00000324. The van der Waals surface area contributed by atoms with Gasteiger partial charge in [0, 0.05) is 12.6 Å². The van der Waals surface area contributed by atoms with Crippen LogP contribution < -0.4 is 5.32 Å². The molecule has 1 N–H and O–H groups in total. The molecule has 0 unspecified atom stereocenters. The van der Waals surface area contributed by atoms with Crippen molar-refractivity contribution in [1.29, 1.82) is 0 Å². The van der Waals surface area contributed by atoms with Gasteiger partial charge in [0.05, 0.1) is 16.6 Å². The number of rotatable bonds is 5. The zero-order valence-corrected chi connectivity index (χ0v) is 13.6. The highest BCUT2D eigenvalue weighted by Crippen LogP contribution is 2.23. The van der Waals surface area contributed by atoms with E-state index < -0.39 is 0 Å². The molecule has 108 valence electrons. The Labute approximate surface area is 130 Å². The zero-order chi connectivity index (χ0) is 13.7. The number of nitrogens with one attached hydrogen (secondary N) is 1. The van der Waals surface area contributed by atoms with Gasteiger partial charge in [0.25, 0.3) is 0 Å². The molecule has 0 aromatic heterocycles. The first-order chi connectivity index (χ1) is 8.45. The van der Waals surface area contributed by atoms with Crippen LogP contribution in [0.15, 0.2) is 18.2 Å². The molecule has 6 heteroatoms. The number of likely N-dealkylation sites (N-methyl/N-ethyl adjacent to an activating group) is 1. The number of halogens is 3. The van der Waals surface area contributed by atoms with Gasteiger partial charge >= 0.3 is 0 Å². The van der Waals surface area contributed by atoms with Gasteiger partial charge in [0.1, 0.15) is 0 Å². The lowest BCUT2D eigenvalue weighted by molar-refractivity contribution is -0.132. The second-order valence-corrected chi connectivity index (χ2v) is 5.21. The quantitative estimate of drug-likeness (QED) is 0.900. The highest BCUT2D eigenvalue weighted by Gasteiger charge is 2.16. The summed E-state index contributed by atoms with van der Waals surface area (Å²) in [5.74, 6) is 0.0681. The van der Waals surface area contributed by atoms with Gasteiger partial charge in [0.2, 0.25) is 5.91 Å². The van der Waals surface area contributed by atoms with Crippen molar-refractivity contribution in [2.24, 2.45) is 0 Å². The topological polar surface area (TPSA) is 32.3 Å². The molecular weight excluding hydrogens is 307 g/mol. The van der Waals surface area contributed by atoms with Crippen LogP contribution in [0.4, 0.5) is 0 Å². The summed E-state index contributed by atoms with van der Waals surface area (Å²) in [7, 11) is 1.76. The molecule has 0 bridgehead atoms. The predicted molar refractivity (Wildman–Crippen MR) is 83.3 cm³/mol. The normalized spacial score (nSPS) is 10.2. The summed E-state index contributed by atoms with van der Waals surface area (Å²) in [5, 5.41) is 3.91. The van der Waals surface area contributed by atoms with Crippen molar-refractivity contribution in [3.63, 3.8) is 0 Å². The van der Waals surface area contributed by atoms with Gasteiger partial charge in [-0.2, -0.15) is 0 Å². The SMILES string of the molecule is CNCC(=O)N(Cc1ccc(Cl)c(Cl)c1)C(C)C.Cl. The highest BCUT2D eigenvalue weighted by molar-refractivity contribution is 6.42. The minimum Gasteiger partial charge on any atom is -0.335 e. The van der Waals surface area contributed by atoms with Crippen molar-refractivity contribution >= 4 is 41.5 Å². The highest BCUT2D eigenvalue weighted by atomic mass is 35.5. The molecule has 0 aliphatic rings. The van der Waals surface area contributed by atoms with Crippen LogP contribution in [0, 0.1) is 0 Å². The number of hydrogen-bond donors (Lipinski definition) is 1. The number of nitrogens with zero attached hydrogens (tertiary/aromatic N) is 1. The van der Waals surface area contributed by atoms with Crippen LogP contribution in [0.1, 0.15) is 19.4 Å². The summed E-state index contributed by atoms with van der Waals surface area (Å²) in [6.45, 7) is 4.85. The minimum absolute atomic E-state index is 0. The van der Waals surface area contributed by atoms with Crippen molar-refractivity contribution in [1.82, 2.24) is 10.2 Å². The Morgan fingerprint density at radius 3 is 2.42 bits per heavy atom. The molecule has 1 aromatic rings. The minimum atomic E-state index is 0. The number of amides is 1. The molecule has 0 fully saturated rings. The van der Waals surface area contributed by atoms with E-state index in [9.17, 15) is 4.79 Å². The van der Waals surface area contributed by atoms with Crippen molar-refractivity contribution in [3.05, 3.63) is 33.8 Å². The number of hydrogen-bond acceptors (Lipinski definition) is 2. The maximum atomic E-state index is 11.9. The molecule has 0 atom stereocenters. The monoisotopic (exact) mass is 324 g/mol. The summed E-state index contributed by atoms with van der Waals surface area (Å²) >= 11 is 11.8. The van der Waals surface area contributed by atoms with E-state index >= 15 is 0 Å². The van der Waals surface area contributed by atoms with Crippen LogP contribution in [0.25, 0.3) is 0 Å². The van der Waals surface area contributed by atoms with Crippen molar-refractivity contribution in [2.75, 3.05) is 13.6 Å². The molecule has 1 amide bonds. The van der Waals surface area contributed by atoms with Crippen LogP contribution in [0.5, 0.6) is 0 Å². The molecule has 0 heterocycles. The average Bonchev–Trinajstić information content (AvgIpc) is 2.30. The van der Waals surface area contributed by atoms with Crippen LogP contribution in [-0.2, 0) is 11.3 Å². The van der Waals surface area contributed by atoms with E-state index in [0.29, 0.717) is 23.1 Å². The largest absolute Gasteiger partial charge is 0.335 e. The summed E-state index contributed by atoms with van der Waals surface area (Å²) in [6.07, 6.45) is 0. The van der Waals surface area contributed by atoms with Gasteiger partial charge in [-0.15, -0.1) is 12.4 Å². The first-order valence-corrected chi connectivity index (χ1v) is 6.59. The maximum absolute atomic E-state index is 11.9. The van der Waals surface area contributed by atoms with Gasteiger partial charge in [-0.1, -0.05) is 29.3 Å². The fourth-order valence-corrected chi connectivity index (χ4v) is 1.97. The fraction of sp³-hybridized carbons (Fsp3) is 0.462. The smallest absolute Gasteiger partial charge is 0.237 e. The molecule has 1 aromatic carbocycles. The molecule has 0 aliphatic carbocycles. The lowest BCUT2D eigenvalue weighted by atomic mass is 10.2. The molecule has 1 rings (SSSR count). The van der Waals surface area contributed by atoms with E-state index in [0.717, 1.165) is 5.56 Å². The van der Waals surface area contributed by atoms with Gasteiger partial charge in [-0.25, -0.2) is 0 Å². The molecular formula is C13H19Cl3N2O. The fourth-order valence-electron chi connectivity index (χ4n) is 1.65. The third kappa shape index (κ3) is 5.57. The molecule has 3 nitrogen and oxygen atoms in total. The number of carbonyl (C=O) groups is 1. The Bertz CT molecular complexity index is 424. The maximum Gasteiger partial charge on any atom is 0.237 e. The van der Waals surface area contributed by atoms with E-state index in [1.54, 1.807) is 24.1 Å². The second kappa shape index (κ2) is 8.64. The van der Waals surface area contributed by atoms with Crippen LogP contribution >= 0.6 is 35.6 Å². The summed E-state index contributed by atoms with van der Waals surface area (Å²) < 4.78 is 0. The number of carbonyl (C=O) groups excluding carboxylic acids is 1. The molecule has 0 spiro atoms. The zero-order valence-electron chi connectivity index (χ0n) is 11.2. The third-order valence-electron chi connectivity index (χ3n) is 2.61. The second-order valence-electron chi connectivity index (χ2n) is 4.39. The van der Waals surface area contributed by atoms with E-state index in [1.807, 2.05) is 19.9 Å². The van der Waals surface area contributed by atoms with Gasteiger partial charge in [0.15, 0.2) is 0 Å². The first kappa shape index (κ1) is 18.5. The standard InChI is InChI=1S/C13H18Cl2N2O.ClH/c1-9(2)17(13(18)7-16-3)8-10-4-5-11(14)12(15)6-10;/h4-6,9,16H,7-8H2,1-3H3;1H. The van der Waals surface area contributed by atoms with Gasteiger partial charge in [-0.05, 0) is 38.6 Å². The molecule has 0 saturated heterocycles. The third-order valence-corrected chi connectivity index (χ3v) is 3.35. The summed E-state index contributed by atoms with van der Waals surface area (Å²) in [5.41, 5.74) is 0.975. The van der Waals surface area contributed by atoms with Gasteiger partial charge in [-0.3, -0.25) is 4.79 Å². The number of benzene rings is 1.